The molecule has 0 atom stereocenters. The monoisotopic (exact) mass is 380 g/mol. The molecule has 5 heteroatoms. The molecule has 27 heavy (non-hydrogen) atoms. The molecule has 0 unspecified atom stereocenters. The van der Waals surface area contributed by atoms with E-state index in [0.29, 0.717) is 5.75 Å². The smallest absolute Gasteiger partial charge is 0.403 e. The first-order chi connectivity index (χ1) is 13.1. The fourth-order valence-electron chi connectivity index (χ4n) is 3.36. The summed E-state index contributed by atoms with van der Waals surface area (Å²) in [5, 5.41) is 6.29. The van der Waals surface area contributed by atoms with E-state index in [9.17, 15) is 4.57 Å². The summed E-state index contributed by atoms with van der Waals surface area (Å²) in [5.41, 5.74) is 0. The van der Waals surface area contributed by atoms with Crippen molar-refractivity contribution >= 4 is 40.1 Å². The highest BCUT2D eigenvalue weighted by molar-refractivity contribution is 7.48. The molecule has 0 bridgehead atoms. The number of hydrogen-bond acceptors (Lipinski definition) is 4. The molecule has 0 amide bonds. The Hall–Kier alpha value is -2.39. The maximum Gasteiger partial charge on any atom is 0.530 e. The third-order valence-electron chi connectivity index (χ3n) is 4.47. The van der Waals surface area contributed by atoms with Gasteiger partial charge in [0.25, 0.3) is 0 Å². The Morgan fingerprint density at radius 3 is 1.89 bits per heavy atom. The summed E-state index contributed by atoms with van der Waals surface area (Å²) in [5.74, 6) is 0.500. The van der Waals surface area contributed by atoms with Gasteiger partial charge in [0.2, 0.25) is 0 Å². The highest BCUT2D eigenvalue weighted by Gasteiger charge is 2.28. The third-order valence-corrected chi connectivity index (χ3v) is 6.04. The van der Waals surface area contributed by atoms with Gasteiger partial charge in [0.15, 0.2) is 0 Å². The molecule has 0 spiro atoms. The van der Waals surface area contributed by atoms with Gasteiger partial charge >= 0.3 is 7.82 Å². The molecule has 0 N–H and O–H groups in total. The second-order valence-corrected chi connectivity index (χ2v) is 7.81. The number of phosphoric acid groups is 1. The van der Waals surface area contributed by atoms with E-state index in [1.54, 1.807) is 13.8 Å². The molecule has 0 saturated carbocycles. The molecule has 0 aliphatic rings. The van der Waals surface area contributed by atoms with Gasteiger partial charge in [-0.1, -0.05) is 48.5 Å². The van der Waals surface area contributed by atoms with Gasteiger partial charge in [0.05, 0.1) is 13.2 Å². The lowest BCUT2D eigenvalue weighted by Crippen LogP contribution is -2.02. The van der Waals surface area contributed by atoms with Crippen molar-refractivity contribution < 1.29 is 18.1 Å². The normalized spacial score (nSPS) is 12.1. The first-order valence-corrected chi connectivity index (χ1v) is 10.5. The summed E-state index contributed by atoms with van der Waals surface area (Å²) < 4.78 is 29.5. The molecular weight excluding hydrogens is 359 g/mol. The lowest BCUT2D eigenvalue weighted by molar-refractivity contribution is 0.168. The van der Waals surface area contributed by atoms with Crippen LogP contribution in [0.1, 0.15) is 13.8 Å². The zero-order valence-electron chi connectivity index (χ0n) is 15.3. The zero-order valence-corrected chi connectivity index (χ0v) is 16.2. The Morgan fingerprint density at radius 2 is 1.26 bits per heavy atom. The highest BCUT2D eigenvalue weighted by atomic mass is 31.2. The zero-order chi connectivity index (χ0) is 18.9. The van der Waals surface area contributed by atoms with E-state index in [1.165, 1.54) is 0 Å². The molecule has 4 nitrogen and oxygen atoms in total. The number of rotatable bonds is 6. The van der Waals surface area contributed by atoms with Crippen LogP contribution < -0.4 is 4.52 Å². The predicted molar refractivity (Wildman–Crippen MR) is 110 cm³/mol. The van der Waals surface area contributed by atoms with Crippen LogP contribution in [0, 0.1) is 0 Å². The van der Waals surface area contributed by atoms with Crippen molar-refractivity contribution in [3.05, 3.63) is 66.7 Å². The molecule has 4 aromatic rings. The fraction of sp³-hybridized carbons (Fsp3) is 0.182. The van der Waals surface area contributed by atoms with Crippen LogP contribution in [0.15, 0.2) is 66.7 Å². The maximum atomic E-state index is 13.0. The van der Waals surface area contributed by atoms with E-state index in [1.807, 2.05) is 36.4 Å². The Bertz CT molecular complexity index is 1160. The first kappa shape index (κ1) is 18.0. The van der Waals surface area contributed by atoms with Crippen molar-refractivity contribution in [3.63, 3.8) is 0 Å². The van der Waals surface area contributed by atoms with Gasteiger partial charge in [-0.15, -0.1) is 0 Å². The van der Waals surface area contributed by atoms with Gasteiger partial charge in [-0.3, -0.25) is 9.05 Å². The van der Waals surface area contributed by atoms with Crippen molar-refractivity contribution in [3.8, 4) is 5.75 Å². The summed E-state index contributed by atoms with van der Waals surface area (Å²) in [6.45, 7) is 4.01. The molecule has 0 radical (unpaired) electrons. The predicted octanol–water partition coefficient (Wildman–Crippen LogP) is 6.71. The summed E-state index contributed by atoms with van der Waals surface area (Å²) in [7, 11) is -3.68. The Morgan fingerprint density at radius 1 is 0.704 bits per heavy atom. The van der Waals surface area contributed by atoms with Gasteiger partial charge in [-0.25, -0.2) is 4.57 Å². The maximum absolute atomic E-state index is 13.0. The fourth-order valence-corrected chi connectivity index (χ4v) is 4.56. The van der Waals surface area contributed by atoms with Gasteiger partial charge in [-0.05, 0) is 59.0 Å². The molecule has 0 fully saturated rings. The van der Waals surface area contributed by atoms with Crippen molar-refractivity contribution in [2.24, 2.45) is 0 Å². The summed E-state index contributed by atoms with van der Waals surface area (Å²) >= 11 is 0. The summed E-state index contributed by atoms with van der Waals surface area (Å²) in [6, 6.07) is 22.4. The molecule has 0 aliphatic heterocycles. The van der Waals surface area contributed by atoms with E-state index < -0.39 is 7.82 Å². The van der Waals surface area contributed by atoms with Gasteiger partial charge in [0, 0.05) is 5.39 Å². The van der Waals surface area contributed by atoms with E-state index in [0.717, 1.165) is 32.3 Å². The van der Waals surface area contributed by atoms with Crippen LogP contribution in [0.2, 0.25) is 0 Å². The minimum Gasteiger partial charge on any atom is -0.403 e. The van der Waals surface area contributed by atoms with Crippen molar-refractivity contribution in [2.75, 3.05) is 13.2 Å². The molecule has 0 heterocycles. The van der Waals surface area contributed by atoms with Crippen molar-refractivity contribution in [1.82, 2.24) is 0 Å². The first-order valence-electron chi connectivity index (χ1n) is 9.06. The Kier molecular flexibility index (Phi) is 4.88. The van der Waals surface area contributed by atoms with Crippen LogP contribution in [0.3, 0.4) is 0 Å². The molecular formula is C22H21O4P. The van der Waals surface area contributed by atoms with E-state index in [-0.39, 0.29) is 13.2 Å². The number of hydrogen-bond donors (Lipinski definition) is 0. The van der Waals surface area contributed by atoms with Crippen LogP contribution in [-0.2, 0) is 13.6 Å². The SMILES string of the molecule is CCOP(=O)(OCC)Oc1cc2ccccc2c2cc3ccccc3cc12. The van der Waals surface area contributed by atoms with Crippen molar-refractivity contribution in [2.45, 2.75) is 13.8 Å². The van der Waals surface area contributed by atoms with E-state index in [4.69, 9.17) is 13.6 Å². The molecule has 0 saturated heterocycles. The molecule has 138 valence electrons. The molecule has 0 aromatic heterocycles. The minimum absolute atomic E-state index is 0.242. The van der Waals surface area contributed by atoms with E-state index >= 15 is 0 Å². The Balaban J connectivity index is 2.00. The lowest BCUT2D eigenvalue weighted by atomic mass is 9.97. The Labute approximate surface area is 158 Å². The largest absolute Gasteiger partial charge is 0.530 e. The lowest BCUT2D eigenvalue weighted by Gasteiger charge is -2.19. The summed E-state index contributed by atoms with van der Waals surface area (Å²) in [4.78, 5) is 0. The van der Waals surface area contributed by atoms with Crippen LogP contribution >= 0.6 is 7.82 Å². The second kappa shape index (κ2) is 7.32. The average Bonchev–Trinajstić information content (AvgIpc) is 2.67. The average molecular weight is 380 g/mol. The second-order valence-electron chi connectivity index (χ2n) is 6.21. The van der Waals surface area contributed by atoms with Crippen molar-refractivity contribution in [1.29, 1.82) is 0 Å². The molecule has 4 aromatic carbocycles. The van der Waals surface area contributed by atoms with Crippen LogP contribution in [0.25, 0.3) is 32.3 Å². The van der Waals surface area contributed by atoms with Crippen LogP contribution in [0.5, 0.6) is 5.75 Å². The van der Waals surface area contributed by atoms with Crippen LogP contribution in [0.4, 0.5) is 0 Å². The highest BCUT2D eigenvalue weighted by Crippen LogP contribution is 2.51. The van der Waals surface area contributed by atoms with E-state index in [2.05, 4.69) is 30.3 Å². The van der Waals surface area contributed by atoms with Gasteiger partial charge in [-0.2, -0.15) is 0 Å². The van der Waals surface area contributed by atoms with Gasteiger partial charge < -0.3 is 4.52 Å². The molecule has 4 rings (SSSR count). The number of benzene rings is 4. The van der Waals surface area contributed by atoms with Crippen LogP contribution in [-0.4, -0.2) is 13.2 Å². The summed E-state index contributed by atoms with van der Waals surface area (Å²) in [6.07, 6.45) is 0. The molecule has 0 aliphatic carbocycles. The number of fused-ring (bicyclic) bond motifs is 4. The minimum atomic E-state index is -3.68. The van der Waals surface area contributed by atoms with Gasteiger partial charge in [0.1, 0.15) is 5.75 Å². The standard InChI is InChI=1S/C22H21O4P/c1-3-24-27(23,25-4-2)26-22-15-18-11-7-8-12-19(18)20-13-16-9-5-6-10-17(16)14-21(20)22/h5-15H,3-4H2,1-2H3. The number of phosphoric ester groups is 1. The third kappa shape index (κ3) is 3.44. The quantitative estimate of drug-likeness (QED) is 0.212. The topological polar surface area (TPSA) is 44.8 Å².